The summed E-state index contributed by atoms with van der Waals surface area (Å²) in [5, 5.41) is 9.15. The van der Waals surface area contributed by atoms with E-state index in [9.17, 15) is 4.79 Å². The van der Waals surface area contributed by atoms with Crippen molar-refractivity contribution in [3.05, 3.63) is 0 Å². The summed E-state index contributed by atoms with van der Waals surface area (Å²) in [6.45, 7) is 20.9. The summed E-state index contributed by atoms with van der Waals surface area (Å²) in [7, 11) is 0. The summed E-state index contributed by atoms with van der Waals surface area (Å²) in [6.07, 6.45) is 13.9. The molecule has 0 spiro atoms. The first-order valence-electron chi connectivity index (χ1n) is 14.8. The molecule has 33 heavy (non-hydrogen) atoms. The van der Waals surface area contributed by atoms with E-state index >= 15 is 0 Å². The van der Waals surface area contributed by atoms with Crippen LogP contribution in [0, 0.1) is 58.2 Å². The molecule has 4 rings (SSSR count). The number of hydrogen-bond acceptors (Lipinski definition) is 1. The zero-order valence-corrected chi connectivity index (χ0v) is 23.8. The molecular formula is C31H58O2. The van der Waals surface area contributed by atoms with Gasteiger partial charge in [0.2, 0.25) is 0 Å². The second-order valence-electron chi connectivity index (χ2n) is 12.9. The highest BCUT2D eigenvalue weighted by atomic mass is 16.4. The van der Waals surface area contributed by atoms with E-state index in [1.807, 2.05) is 13.8 Å². The van der Waals surface area contributed by atoms with E-state index in [-0.39, 0.29) is 0 Å². The molecule has 9 unspecified atom stereocenters. The average molecular weight is 463 g/mol. The number of fused-ring (bicyclic) bond motifs is 5. The van der Waals surface area contributed by atoms with Crippen molar-refractivity contribution in [3.63, 3.8) is 0 Å². The molecule has 0 bridgehead atoms. The third-order valence-corrected chi connectivity index (χ3v) is 10.9. The number of carboxylic acid groups (broad SMARTS) is 1. The summed E-state index contributed by atoms with van der Waals surface area (Å²) < 4.78 is 0. The normalized spacial score (nSPS) is 44.6. The molecule has 0 amide bonds. The minimum Gasteiger partial charge on any atom is -0.481 e. The maximum absolute atomic E-state index is 11.1. The van der Waals surface area contributed by atoms with Crippen molar-refractivity contribution in [1.82, 2.24) is 0 Å². The van der Waals surface area contributed by atoms with Crippen LogP contribution in [0.15, 0.2) is 0 Å². The van der Waals surface area contributed by atoms with Crippen molar-refractivity contribution in [2.24, 2.45) is 58.2 Å². The van der Waals surface area contributed by atoms with Crippen LogP contribution in [0.3, 0.4) is 0 Å². The number of hydrogen-bond donors (Lipinski definition) is 1. The van der Waals surface area contributed by atoms with Crippen LogP contribution in [-0.2, 0) is 4.79 Å². The third-order valence-electron chi connectivity index (χ3n) is 10.9. The first kappa shape index (κ1) is 28.7. The van der Waals surface area contributed by atoms with Crippen LogP contribution in [0.1, 0.15) is 133 Å². The molecule has 4 saturated carbocycles. The molecule has 0 radical (unpaired) electrons. The van der Waals surface area contributed by atoms with E-state index in [1.54, 1.807) is 0 Å². The molecular weight excluding hydrogens is 404 g/mol. The smallest absolute Gasteiger partial charge is 0.303 e. The van der Waals surface area contributed by atoms with Crippen LogP contribution in [0.4, 0.5) is 0 Å². The molecule has 4 fully saturated rings. The number of carboxylic acids is 1. The second kappa shape index (κ2) is 11.9. The standard InChI is InChI=1S/C26H44O2.C3H8.C2H6/c1-16-10-12-25(4)19(14-16)15-18(3)24-21-8-7-20(17(2)6-9-23(27)28)26(21,5)13-11-22(24)25;1-3-2;1-2/h16-22,24H,6-15H2,1-5H3,(H,27,28);3H2,1-2H3;1-2H3/t16?,17?,18-,19?,20?,21?,22?,24?,25?,26?;;/m1../s1. The third kappa shape index (κ3) is 5.66. The molecule has 0 heterocycles. The molecule has 10 atom stereocenters. The molecule has 4 aliphatic rings. The Morgan fingerprint density at radius 2 is 1.52 bits per heavy atom. The Labute approximate surface area is 207 Å². The molecule has 4 aliphatic carbocycles. The highest BCUT2D eigenvalue weighted by molar-refractivity contribution is 5.66. The molecule has 0 saturated heterocycles. The van der Waals surface area contributed by atoms with Gasteiger partial charge < -0.3 is 5.11 Å². The van der Waals surface area contributed by atoms with Crippen molar-refractivity contribution in [1.29, 1.82) is 0 Å². The second-order valence-corrected chi connectivity index (χ2v) is 12.9. The lowest BCUT2D eigenvalue weighted by Crippen LogP contribution is -2.56. The fourth-order valence-electron chi connectivity index (χ4n) is 9.38. The van der Waals surface area contributed by atoms with Crippen molar-refractivity contribution in [3.8, 4) is 0 Å². The Morgan fingerprint density at radius 1 is 0.939 bits per heavy atom. The molecule has 0 aliphatic heterocycles. The lowest BCUT2D eigenvalue weighted by molar-refractivity contribution is -0.143. The summed E-state index contributed by atoms with van der Waals surface area (Å²) in [4.78, 5) is 11.1. The van der Waals surface area contributed by atoms with E-state index in [0.29, 0.717) is 23.2 Å². The molecule has 0 aromatic heterocycles. The van der Waals surface area contributed by atoms with Crippen LogP contribution < -0.4 is 0 Å². The minimum atomic E-state index is -0.623. The quantitative estimate of drug-likeness (QED) is 0.451. The van der Waals surface area contributed by atoms with Gasteiger partial charge in [0.15, 0.2) is 0 Å². The van der Waals surface area contributed by atoms with Crippen LogP contribution in [0.5, 0.6) is 0 Å². The van der Waals surface area contributed by atoms with E-state index < -0.39 is 5.97 Å². The van der Waals surface area contributed by atoms with Gasteiger partial charge in [-0.1, -0.05) is 75.2 Å². The topological polar surface area (TPSA) is 37.3 Å². The van der Waals surface area contributed by atoms with Crippen molar-refractivity contribution >= 4 is 5.97 Å². The predicted molar refractivity (Wildman–Crippen MR) is 142 cm³/mol. The Morgan fingerprint density at radius 3 is 2.12 bits per heavy atom. The van der Waals surface area contributed by atoms with E-state index in [2.05, 4.69) is 48.5 Å². The number of carbonyl (C=O) groups is 1. The zero-order valence-electron chi connectivity index (χ0n) is 23.8. The van der Waals surface area contributed by atoms with E-state index in [0.717, 1.165) is 47.8 Å². The molecule has 0 aromatic rings. The summed E-state index contributed by atoms with van der Waals surface area (Å²) >= 11 is 0. The van der Waals surface area contributed by atoms with E-state index in [1.165, 1.54) is 57.8 Å². The Bertz CT molecular complexity index is 614. The van der Waals surface area contributed by atoms with Gasteiger partial charge in [0, 0.05) is 6.42 Å². The largest absolute Gasteiger partial charge is 0.481 e. The first-order chi connectivity index (χ1) is 15.6. The van der Waals surface area contributed by atoms with Crippen molar-refractivity contribution in [2.45, 2.75) is 133 Å². The molecule has 1 N–H and O–H groups in total. The predicted octanol–water partition coefficient (Wildman–Crippen LogP) is 9.47. The lowest BCUT2D eigenvalue weighted by atomic mass is 9.42. The van der Waals surface area contributed by atoms with Crippen LogP contribution in [-0.4, -0.2) is 11.1 Å². The van der Waals surface area contributed by atoms with Crippen LogP contribution in [0.2, 0.25) is 0 Å². The van der Waals surface area contributed by atoms with Crippen LogP contribution in [0.25, 0.3) is 0 Å². The SMILES string of the molecule is CC.CC1CCC2(C)C(C1)C[C@@H](C)C1C2CCC2(C)C(C(C)CCC(=O)O)CCC12.CCC. The molecule has 0 aromatic carbocycles. The van der Waals surface area contributed by atoms with Crippen molar-refractivity contribution < 1.29 is 9.90 Å². The van der Waals surface area contributed by atoms with Gasteiger partial charge in [-0.2, -0.15) is 0 Å². The van der Waals surface area contributed by atoms with Gasteiger partial charge in [0.05, 0.1) is 0 Å². The number of aliphatic carboxylic acids is 1. The minimum absolute atomic E-state index is 0.346. The average Bonchev–Trinajstić information content (AvgIpc) is 3.12. The molecule has 194 valence electrons. The maximum Gasteiger partial charge on any atom is 0.303 e. The van der Waals surface area contributed by atoms with Gasteiger partial charge in [-0.05, 0) is 110 Å². The van der Waals surface area contributed by atoms with Crippen molar-refractivity contribution in [2.75, 3.05) is 0 Å². The fourth-order valence-corrected chi connectivity index (χ4v) is 9.38. The highest BCUT2D eigenvalue weighted by Crippen LogP contribution is 2.69. The Hall–Kier alpha value is -0.530. The Balaban J connectivity index is 0.000000714. The molecule has 2 heteroatoms. The molecule has 2 nitrogen and oxygen atoms in total. The van der Waals surface area contributed by atoms with Gasteiger partial charge >= 0.3 is 5.97 Å². The maximum atomic E-state index is 11.1. The Kier molecular flexibility index (Phi) is 10.4. The van der Waals surface area contributed by atoms with Gasteiger partial charge in [0.25, 0.3) is 0 Å². The summed E-state index contributed by atoms with van der Waals surface area (Å²) in [5.41, 5.74) is 1.05. The van der Waals surface area contributed by atoms with Gasteiger partial charge in [-0.3, -0.25) is 4.79 Å². The fraction of sp³-hybridized carbons (Fsp3) is 0.968. The summed E-state index contributed by atoms with van der Waals surface area (Å²) in [5.74, 6) is 6.20. The van der Waals surface area contributed by atoms with Gasteiger partial charge in [0.1, 0.15) is 0 Å². The van der Waals surface area contributed by atoms with Gasteiger partial charge in [-0.25, -0.2) is 0 Å². The monoisotopic (exact) mass is 462 g/mol. The van der Waals surface area contributed by atoms with E-state index in [4.69, 9.17) is 5.11 Å². The summed E-state index contributed by atoms with van der Waals surface area (Å²) in [6, 6.07) is 0. The lowest BCUT2D eigenvalue weighted by Gasteiger charge is -2.63. The first-order valence-corrected chi connectivity index (χ1v) is 14.8. The van der Waals surface area contributed by atoms with Crippen LogP contribution >= 0.6 is 0 Å². The highest BCUT2D eigenvalue weighted by Gasteiger charge is 2.61. The zero-order chi connectivity index (χ0) is 25.0. The number of rotatable bonds is 4. The van der Waals surface area contributed by atoms with Gasteiger partial charge in [-0.15, -0.1) is 0 Å².